The van der Waals surface area contributed by atoms with Crippen LogP contribution in [0.5, 0.6) is 0 Å². The molecule has 1 aliphatic heterocycles. The predicted octanol–water partition coefficient (Wildman–Crippen LogP) is 2.73. The number of amides is 2. The lowest BCUT2D eigenvalue weighted by Crippen LogP contribution is -2.50. The summed E-state index contributed by atoms with van der Waals surface area (Å²) < 4.78 is 0. The molecule has 1 N–H and O–H groups in total. The van der Waals surface area contributed by atoms with Crippen molar-refractivity contribution < 1.29 is 9.59 Å². The molecule has 1 aliphatic carbocycles. The molecule has 28 heavy (non-hydrogen) atoms. The second-order valence-electron chi connectivity index (χ2n) is 6.95. The molecule has 6 nitrogen and oxygen atoms in total. The van der Waals surface area contributed by atoms with Crippen molar-refractivity contribution in [3.05, 3.63) is 40.5 Å². The Labute approximate surface area is 173 Å². The van der Waals surface area contributed by atoms with E-state index in [1.54, 1.807) is 4.90 Å². The van der Waals surface area contributed by atoms with Crippen LogP contribution in [0.3, 0.4) is 0 Å². The molecule has 8 heteroatoms. The van der Waals surface area contributed by atoms with E-state index in [4.69, 9.17) is 21.6 Å². The number of thioether (sulfide) groups is 1. The van der Waals surface area contributed by atoms with Crippen molar-refractivity contribution in [3.63, 3.8) is 0 Å². The van der Waals surface area contributed by atoms with Crippen molar-refractivity contribution in [2.45, 2.75) is 30.8 Å². The quantitative estimate of drug-likeness (QED) is 0.612. The fraction of sp³-hybridized carbons (Fsp3) is 0.400. The summed E-state index contributed by atoms with van der Waals surface area (Å²) in [5.74, 6) is 0.0560. The molecule has 0 unspecified atom stereocenters. The maximum atomic E-state index is 12.5. The molecule has 146 valence electrons. The zero-order valence-corrected chi connectivity index (χ0v) is 17.0. The van der Waals surface area contributed by atoms with Gasteiger partial charge in [-0.25, -0.2) is 9.97 Å². The third kappa shape index (κ3) is 4.31. The number of fused-ring (bicyclic) bond motifs is 1. The molecule has 1 aromatic carbocycles. The molecule has 0 atom stereocenters. The van der Waals surface area contributed by atoms with Crippen LogP contribution in [-0.4, -0.2) is 52.1 Å². The van der Waals surface area contributed by atoms with Crippen LogP contribution in [0.15, 0.2) is 29.4 Å². The van der Waals surface area contributed by atoms with E-state index < -0.39 is 0 Å². The minimum Gasteiger partial charge on any atom is -0.353 e. The lowest BCUT2D eigenvalue weighted by molar-refractivity contribution is -0.136. The van der Waals surface area contributed by atoms with Gasteiger partial charge < -0.3 is 10.2 Å². The van der Waals surface area contributed by atoms with Gasteiger partial charge in [-0.3, -0.25) is 9.59 Å². The first-order valence-corrected chi connectivity index (χ1v) is 10.8. The van der Waals surface area contributed by atoms with Gasteiger partial charge in [0.15, 0.2) is 5.16 Å². The molecule has 0 saturated carbocycles. The van der Waals surface area contributed by atoms with Gasteiger partial charge in [-0.1, -0.05) is 35.5 Å². The van der Waals surface area contributed by atoms with Crippen LogP contribution in [-0.2, 0) is 22.4 Å². The first-order chi connectivity index (χ1) is 13.6. The van der Waals surface area contributed by atoms with Crippen LogP contribution in [0.1, 0.15) is 24.1 Å². The van der Waals surface area contributed by atoms with Gasteiger partial charge in [0, 0.05) is 34.9 Å². The van der Waals surface area contributed by atoms with Crippen molar-refractivity contribution in [2.75, 3.05) is 25.4 Å². The highest BCUT2D eigenvalue weighted by Gasteiger charge is 2.23. The number of halogens is 1. The van der Waals surface area contributed by atoms with Crippen molar-refractivity contribution in [2.24, 2.45) is 0 Å². The topological polar surface area (TPSA) is 75.2 Å². The Hall–Kier alpha value is -2.12. The first kappa shape index (κ1) is 19.2. The minimum atomic E-state index is -0.111. The van der Waals surface area contributed by atoms with Crippen molar-refractivity contribution in [3.8, 4) is 11.3 Å². The Morgan fingerprint density at radius 1 is 1.18 bits per heavy atom. The normalized spacial score (nSPS) is 16.5. The molecule has 0 spiro atoms. The lowest BCUT2D eigenvalue weighted by atomic mass is 9.92. The molecule has 0 radical (unpaired) electrons. The lowest BCUT2D eigenvalue weighted by Gasteiger charge is -2.26. The molecular formula is C20H21ClN4O2S. The number of carbonyl (C=O) groups is 2. The largest absolute Gasteiger partial charge is 0.353 e. The monoisotopic (exact) mass is 416 g/mol. The average Bonchev–Trinajstić information content (AvgIpc) is 2.72. The molecule has 1 fully saturated rings. The van der Waals surface area contributed by atoms with Crippen LogP contribution in [0.2, 0.25) is 5.02 Å². The van der Waals surface area contributed by atoms with Crippen molar-refractivity contribution in [1.29, 1.82) is 0 Å². The number of hydrogen-bond donors (Lipinski definition) is 1. The summed E-state index contributed by atoms with van der Waals surface area (Å²) in [6.45, 7) is 1.18. The van der Waals surface area contributed by atoms with E-state index in [9.17, 15) is 9.59 Å². The summed E-state index contributed by atoms with van der Waals surface area (Å²) >= 11 is 7.37. The second kappa shape index (κ2) is 8.49. The summed E-state index contributed by atoms with van der Waals surface area (Å²) in [4.78, 5) is 35.0. The zero-order valence-electron chi connectivity index (χ0n) is 15.4. The number of nitrogens with zero attached hydrogens (tertiary/aromatic N) is 3. The van der Waals surface area contributed by atoms with Crippen LogP contribution in [0.25, 0.3) is 11.3 Å². The zero-order chi connectivity index (χ0) is 19.5. The molecule has 1 aromatic heterocycles. The highest BCUT2D eigenvalue weighted by molar-refractivity contribution is 7.99. The van der Waals surface area contributed by atoms with Crippen molar-refractivity contribution in [1.82, 2.24) is 20.2 Å². The number of aromatic nitrogens is 2. The highest BCUT2D eigenvalue weighted by atomic mass is 35.5. The van der Waals surface area contributed by atoms with E-state index >= 15 is 0 Å². The smallest absolute Gasteiger partial charge is 0.239 e. The Bertz CT molecular complexity index is 904. The fourth-order valence-electron chi connectivity index (χ4n) is 3.55. The number of carbonyl (C=O) groups excluding carboxylic acids is 2. The summed E-state index contributed by atoms with van der Waals surface area (Å²) in [7, 11) is 0. The predicted molar refractivity (Wildman–Crippen MR) is 109 cm³/mol. The number of hydrogen-bond acceptors (Lipinski definition) is 5. The SMILES string of the molecule is O=C1CN(C(=O)CSc2nc3c(c(-c4ccc(Cl)cc4)n2)CCCC3)CCN1. The highest BCUT2D eigenvalue weighted by Crippen LogP contribution is 2.32. The molecule has 2 aromatic rings. The first-order valence-electron chi connectivity index (χ1n) is 9.43. The van der Waals surface area contributed by atoms with E-state index in [0.29, 0.717) is 23.3 Å². The number of rotatable bonds is 4. The van der Waals surface area contributed by atoms with Crippen LogP contribution < -0.4 is 5.32 Å². The van der Waals surface area contributed by atoms with Gasteiger partial charge in [0.05, 0.1) is 18.0 Å². The van der Waals surface area contributed by atoms with E-state index in [-0.39, 0.29) is 24.1 Å². The molecule has 2 heterocycles. The van der Waals surface area contributed by atoms with Crippen molar-refractivity contribution >= 4 is 35.2 Å². The van der Waals surface area contributed by atoms with E-state index in [1.165, 1.54) is 17.3 Å². The maximum absolute atomic E-state index is 12.5. The van der Waals surface area contributed by atoms with Crippen LogP contribution >= 0.6 is 23.4 Å². The van der Waals surface area contributed by atoms with Gasteiger partial charge in [0.2, 0.25) is 11.8 Å². The molecule has 4 rings (SSSR count). The second-order valence-corrected chi connectivity index (χ2v) is 8.33. The Morgan fingerprint density at radius 2 is 1.96 bits per heavy atom. The Kier molecular flexibility index (Phi) is 5.82. The standard InChI is InChI=1S/C20H21ClN4O2S/c21-14-7-5-13(6-8-14)19-15-3-1-2-4-16(15)23-20(24-19)28-12-18(27)25-10-9-22-17(26)11-25/h5-8H,1-4,9-12H2,(H,22,26). The van der Waals surface area contributed by atoms with Crippen LogP contribution in [0.4, 0.5) is 0 Å². The van der Waals surface area contributed by atoms with Crippen LogP contribution in [0, 0.1) is 0 Å². The van der Waals surface area contributed by atoms with Gasteiger partial charge in [-0.05, 0) is 37.8 Å². The molecular weight excluding hydrogens is 396 g/mol. The van der Waals surface area contributed by atoms with Gasteiger partial charge in [0.25, 0.3) is 0 Å². The number of aryl methyl sites for hydroxylation is 1. The Balaban J connectivity index is 1.55. The average molecular weight is 417 g/mol. The summed E-state index contributed by atoms with van der Waals surface area (Å²) in [5.41, 5.74) is 4.25. The molecule has 0 bridgehead atoms. The number of benzene rings is 1. The van der Waals surface area contributed by atoms with E-state index in [2.05, 4.69) is 5.32 Å². The Morgan fingerprint density at radius 3 is 2.75 bits per heavy atom. The molecule has 2 aliphatic rings. The van der Waals surface area contributed by atoms with E-state index in [1.807, 2.05) is 24.3 Å². The summed E-state index contributed by atoms with van der Waals surface area (Å²) in [5, 5.41) is 4.03. The minimum absolute atomic E-state index is 0.0609. The summed E-state index contributed by atoms with van der Waals surface area (Å²) in [6, 6.07) is 7.69. The van der Waals surface area contributed by atoms with Gasteiger partial charge in [-0.15, -0.1) is 0 Å². The fourth-order valence-corrected chi connectivity index (χ4v) is 4.44. The maximum Gasteiger partial charge on any atom is 0.239 e. The molecule has 1 saturated heterocycles. The van der Waals surface area contributed by atoms with Gasteiger partial charge >= 0.3 is 0 Å². The third-order valence-electron chi connectivity index (χ3n) is 5.00. The van der Waals surface area contributed by atoms with E-state index in [0.717, 1.165) is 42.6 Å². The van der Waals surface area contributed by atoms with Gasteiger partial charge in [-0.2, -0.15) is 0 Å². The number of nitrogens with one attached hydrogen (secondary N) is 1. The summed E-state index contributed by atoms with van der Waals surface area (Å²) in [6.07, 6.45) is 4.17. The molecule has 2 amide bonds. The van der Waals surface area contributed by atoms with Gasteiger partial charge in [0.1, 0.15) is 0 Å². The third-order valence-corrected chi connectivity index (χ3v) is 6.08. The number of piperazine rings is 1.